The molecule has 5 nitrogen and oxygen atoms in total. The third kappa shape index (κ3) is 4.60. The number of hydrogen-bond donors (Lipinski definition) is 2. The van der Waals surface area contributed by atoms with E-state index in [1.807, 2.05) is 54.6 Å². The van der Waals surface area contributed by atoms with Gasteiger partial charge in [-0.15, -0.1) is 0 Å². The van der Waals surface area contributed by atoms with Gasteiger partial charge in [-0.1, -0.05) is 37.3 Å². The molecular formula is C21H21N3O2. The van der Waals surface area contributed by atoms with Gasteiger partial charge in [0.25, 0.3) is 5.91 Å². The quantitative estimate of drug-likeness (QED) is 0.635. The molecule has 0 saturated heterocycles. The second-order valence-electron chi connectivity index (χ2n) is 5.72. The van der Waals surface area contributed by atoms with E-state index >= 15 is 0 Å². The van der Waals surface area contributed by atoms with Crippen LogP contribution in [0.4, 0.5) is 11.5 Å². The number of benzene rings is 2. The Morgan fingerprint density at radius 3 is 2.62 bits per heavy atom. The molecule has 0 atom stereocenters. The van der Waals surface area contributed by atoms with Gasteiger partial charge in [-0.2, -0.15) is 0 Å². The summed E-state index contributed by atoms with van der Waals surface area (Å²) < 4.78 is 5.88. The van der Waals surface area contributed by atoms with Gasteiger partial charge >= 0.3 is 0 Å². The molecule has 1 heterocycles. The van der Waals surface area contributed by atoms with Crippen molar-refractivity contribution in [3.05, 3.63) is 78.5 Å². The van der Waals surface area contributed by atoms with Crippen molar-refractivity contribution in [3.63, 3.8) is 0 Å². The summed E-state index contributed by atoms with van der Waals surface area (Å²) in [6.45, 7) is 2.89. The number of aromatic nitrogens is 1. The molecule has 2 aromatic carbocycles. The lowest BCUT2D eigenvalue weighted by molar-refractivity contribution is 0.102. The first-order chi connectivity index (χ1) is 12.8. The Bertz CT molecular complexity index is 866. The molecule has 0 radical (unpaired) electrons. The van der Waals surface area contributed by atoms with E-state index in [2.05, 4.69) is 22.5 Å². The summed E-state index contributed by atoms with van der Waals surface area (Å²) in [7, 11) is 0. The molecule has 26 heavy (non-hydrogen) atoms. The molecule has 1 amide bonds. The first kappa shape index (κ1) is 17.5. The van der Waals surface area contributed by atoms with Crippen LogP contribution in [0.3, 0.4) is 0 Å². The van der Waals surface area contributed by atoms with Crippen molar-refractivity contribution in [2.24, 2.45) is 0 Å². The number of rotatable bonds is 7. The number of hydrogen-bond acceptors (Lipinski definition) is 4. The number of carbonyl (C=O) groups is 1. The number of anilines is 2. The largest absolute Gasteiger partial charge is 0.455 e. The van der Waals surface area contributed by atoms with E-state index < -0.39 is 0 Å². The minimum Gasteiger partial charge on any atom is -0.455 e. The number of amides is 1. The van der Waals surface area contributed by atoms with Crippen LogP contribution in [0.15, 0.2) is 72.9 Å². The van der Waals surface area contributed by atoms with E-state index in [0.29, 0.717) is 28.6 Å². The van der Waals surface area contributed by atoms with Crippen LogP contribution in [0.1, 0.15) is 23.7 Å². The fourth-order valence-electron chi connectivity index (χ4n) is 2.39. The van der Waals surface area contributed by atoms with Gasteiger partial charge in [-0.05, 0) is 42.8 Å². The fraction of sp³-hybridized carbons (Fsp3) is 0.143. The maximum absolute atomic E-state index is 12.6. The van der Waals surface area contributed by atoms with Crippen molar-refractivity contribution in [1.29, 1.82) is 0 Å². The molecule has 0 aliphatic heterocycles. The van der Waals surface area contributed by atoms with E-state index in [0.717, 1.165) is 13.0 Å². The van der Waals surface area contributed by atoms with Crippen LogP contribution < -0.4 is 15.4 Å². The standard InChI is InChI=1S/C21H21N3O2/c1-2-13-22-20-15-16(12-14-23-20)21(25)24-18-10-6-7-11-19(18)26-17-8-4-3-5-9-17/h3-12,14-15H,2,13H2,1H3,(H,22,23)(H,24,25). The van der Waals surface area contributed by atoms with E-state index in [9.17, 15) is 4.79 Å². The highest BCUT2D eigenvalue weighted by Gasteiger charge is 2.11. The number of carbonyl (C=O) groups excluding carboxylic acids is 1. The summed E-state index contributed by atoms with van der Waals surface area (Å²) in [5.41, 5.74) is 1.15. The highest BCUT2D eigenvalue weighted by atomic mass is 16.5. The Morgan fingerprint density at radius 2 is 1.81 bits per heavy atom. The molecule has 0 fully saturated rings. The van der Waals surface area contributed by atoms with Crippen molar-refractivity contribution < 1.29 is 9.53 Å². The maximum Gasteiger partial charge on any atom is 0.255 e. The molecule has 0 unspecified atom stereocenters. The third-order valence-corrected chi connectivity index (χ3v) is 3.68. The zero-order valence-corrected chi connectivity index (χ0v) is 14.6. The molecule has 0 saturated carbocycles. The molecule has 5 heteroatoms. The van der Waals surface area contributed by atoms with Gasteiger partial charge in [0.15, 0.2) is 5.75 Å². The summed E-state index contributed by atoms with van der Waals surface area (Å²) in [4.78, 5) is 16.8. The third-order valence-electron chi connectivity index (χ3n) is 3.68. The second kappa shape index (κ2) is 8.67. The van der Waals surface area contributed by atoms with Gasteiger partial charge in [0.05, 0.1) is 5.69 Å². The molecular weight excluding hydrogens is 326 g/mol. The Balaban J connectivity index is 1.75. The second-order valence-corrected chi connectivity index (χ2v) is 5.72. The maximum atomic E-state index is 12.6. The van der Waals surface area contributed by atoms with Crippen LogP contribution in [0.2, 0.25) is 0 Å². The average Bonchev–Trinajstić information content (AvgIpc) is 2.69. The lowest BCUT2D eigenvalue weighted by Crippen LogP contribution is -2.13. The lowest BCUT2D eigenvalue weighted by Gasteiger charge is -2.12. The molecule has 0 bridgehead atoms. The predicted octanol–water partition coefficient (Wildman–Crippen LogP) is 4.95. The van der Waals surface area contributed by atoms with Gasteiger partial charge in [0.2, 0.25) is 0 Å². The van der Waals surface area contributed by atoms with Gasteiger partial charge in [0.1, 0.15) is 11.6 Å². The monoisotopic (exact) mass is 347 g/mol. The van der Waals surface area contributed by atoms with Crippen LogP contribution in [0.5, 0.6) is 11.5 Å². The molecule has 2 N–H and O–H groups in total. The first-order valence-corrected chi connectivity index (χ1v) is 8.59. The zero-order valence-electron chi connectivity index (χ0n) is 14.6. The topological polar surface area (TPSA) is 63.2 Å². The zero-order chi connectivity index (χ0) is 18.2. The highest BCUT2D eigenvalue weighted by Crippen LogP contribution is 2.29. The van der Waals surface area contributed by atoms with Crippen LogP contribution in [0, 0.1) is 0 Å². The molecule has 3 aromatic rings. The van der Waals surface area contributed by atoms with Crippen molar-refractivity contribution >= 4 is 17.4 Å². The van der Waals surface area contributed by atoms with Gasteiger partial charge in [0, 0.05) is 18.3 Å². The normalized spacial score (nSPS) is 10.2. The molecule has 132 valence electrons. The summed E-state index contributed by atoms with van der Waals surface area (Å²) in [5.74, 6) is 1.78. The summed E-state index contributed by atoms with van der Waals surface area (Å²) >= 11 is 0. The minimum absolute atomic E-state index is 0.212. The van der Waals surface area contributed by atoms with Crippen molar-refractivity contribution in [2.45, 2.75) is 13.3 Å². The van der Waals surface area contributed by atoms with Crippen LogP contribution in [-0.4, -0.2) is 17.4 Å². The lowest BCUT2D eigenvalue weighted by atomic mass is 10.2. The average molecular weight is 347 g/mol. The first-order valence-electron chi connectivity index (χ1n) is 8.59. The molecule has 0 aliphatic rings. The number of nitrogens with one attached hydrogen (secondary N) is 2. The number of nitrogens with zero attached hydrogens (tertiary/aromatic N) is 1. The van der Waals surface area contributed by atoms with Gasteiger partial charge in [-0.3, -0.25) is 4.79 Å². The van der Waals surface area contributed by atoms with Crippen LogP contribution >= 0.6 is 0 Å². The molecule has 0 aliphatic carbocycles. The van der Waals surface area contributed by atoms with Gasteiger partial charge in [-0.25, -0.2) is 4.98 Å². The summed E-state index contributed by atoms with van der Waals surface area (Å²) in [5, 5.41) is 6.09. The Hall–Kier alpha value is -3.34. The Kier molecular flexibility index (Phi) is 5.83. The van der Waals surface area contributed by atoms with Gasteiger partial charge < -0.3 is 15.4 Å². The SMILES string of the molecule is CCCNc1cc(C(=O)Nc2ccccc2Oc2ccccc2)ccn1. The number of para-hydroxylation sites is 3. The Morgan fingerprint density at radius 1 is 1.04 bits per heavy atom. The summed E-state index contributed by atoms with van der Waals surface area (Å²) in [6, 6.07) is 20.3. The number of pyridine rings is 1. The van der Waals surface area contributed by atoms with Crippen molar-refractivity contribution in [2.75, 3.05) is 17.2 Å². The van der Waals surface area contributed by atoms with E-state index in [-0.39, 0.29) is 5.91 Å². The van der Waals surface area contributed by atoms with Crippen LogP contribution in [-0.2, 0) is 0 Å². The highest BCUT2D eigenvalue weighted by molar-refractivity contribution is 6.05. The van der Waals surface area contributed by atoms with E-state index in [1.165, 1.54) is 0 Å². The predicted molar refractivity (Wildman–Crippen MR) is 104 cm³/mol. The van der Waals surface area contributed by atoms with E-state index in [1.54, 1.807) is 18.3 Å². The van der Waals surface area contributed by atoms with E-state index in [4.69, 9.17) is 4.74 Å². The van der Waals surface area contributed by atoms with Crippen molar-refractivity contribution in [1.82, 2.24) is 4.98 Å². The number of ether oxygens (including phenoxy) is 1. The summed E-state index contributed by atoms with van der Waals surface area (Å²) in [6.07, 6.45) is 2.61. The molecule has 3 rings (SSSR count). The molecule has 1 aromatic heterocycles. The fourth-order valence-corrected chi connectivity index (χ4v) is 2.39. The smallest absolute Gasteiger partial charge is 0.255 e. The van der Waals surface area contributed by atoms with Crippen molar-refractivity contribution in [3.8, 4) is 11.5 Å². The van der Waals surface area contributed by atoms with Crippen LogP contribution in [0.25, 0.3) is 0 Å². The minimum atomic E-state index is -0.212. The molecule has 0 spiro atoms. The Labute approximate surface area is 153 Å².